The maximum Gasteiger partial charge on any atom is 0.321 e. The van der Waals surface area contributed by atoms with Crippen LogP contribution in [0.3, 0.4) is 0 Å². The Kier molecular flexibility index (Phi) is 8.38. The van der Waals surface area contributed by atoms with Gasteiger partial charge in [-0.25, -0.2) is 4.79 Å². The molecular formula is C33H36N4O5. The summed E-state index contributed by atoms with van der Waals surface area (Å²) >= 11 is 0. The molecule has 3 amide bonds. The number of nitrogens with zero attached hydrogens (tertiary/aromatic N) is 3. The standard InChI is InChI=1S/C33H36N4O5/c1-22-6-10-26(11-7-22)37-23(2)30(21-31(37)24-8-12-27(40-3)13-9-24)32(38)35-14-16-36(17-15-35)33(39)34-25-18-28(41-4)20-29(19-25)42-5/h6-13,18-21H,14-17H2,1-5H3,(H,34,39). The van der Waals surface area contributed by atoms with Crippen molar-refractivity contribution in [2.45, 2.75) is 13.8 Å². The molecule has 1 fully saturated rings. The van der Waals surface area contributed by atoms with Crippen molar-refractivity contribution in [3.63, 3.8) is 0 Å². The van der Waals surface area contributed by atoms with Crippen molar-refractivity contribution >= 4 is 17.6 Å². The molecule has 9 heteroatoms. The Balaban J connectivity index is 1.34. The Morgan fingerprint density at radius 2 is 1.26 bits per heavy atom. The first-order valence-corrected chi connectivity index (χ1v) is 13.8. The van der Waals surface area contributed by atoms with Gasteiger partial charge in [0, 0.05) is 61.4 Å². The predicted octanol–water partition coefficient (Wildman–Crippen LogP) is 5.78. The minimum Gasteiger partial charge on any atom is -0.497 e. The normalized spacial score (nSPS) is 13.1. The highest BCUT2D eigenvalue weighted by atomic mass is 16.5. The van der Waals surface area contributed by atoms with Gasteiger partial charge in [0.2, 0.25) is 0 Å². The molecule has 0 spiro atoms. The molecule has 0 atom stereocenters. The molecule has 218 valence electrons. The Hall–Kier alpha value is -4.92. The molecule has 4 aromatic rings. The van der Waals surface area contributed by atoms with Crippen molar-refractivity contribution < 1.29 is 23.8 Å². The lowest BCUT2D eigenvalue weighted by Crippen LogP contribution is -2.51. The minimum atomic E-state index is -0.235. The summed E-state index contributed by atoms with van der Waals surface area (Å²) in [5.74, 6) is 1.89. The molecule has 0 bridgehead atoms. The molecule has 5 rings (SSSR count). The average Bonchev–Trinajstić information content (AvgIpc) is 3.37. The molecule has 3 aromatic carbocycles. The molecule has 1 N–H and O–H groups in total. The van der Waals surface area contributed by atoms with Crippen LogP contribution in [0.1, 0.15) is 21.6 Å². The Morgan fingerprint density at radius 3 is 1.83 bits per heavy atom. The number of benzene rings is 3. The van der Waals surface area contributed by atoms with Gasteiger partial charge in [-0.1, -0.05) is 17.7 Å². The van der Waals surface area contributed by atoms with Gasteiger partial charge in [0.1, 0.15) is 17.2 Å². The second-order valence-electron chi connectivity index (χ2n) is 10.2. The summed E-state index contributed by atoms with van der Waals surface area (Å²) in [5.41, 5.74) is 6.14. The van der Waals surface area contributed by atoms with Crippen molar-refractivity contribution in [1.82, 2.24) is 14.4 Å². The van der Waals surface area contributed by atoms with Crippen molar-refractivity contribution in [3.8, 4) is 34.2 Å². The van der Waals surface area contributed by atoms with Crippen LogP contribution in [0.25, 0.3) is 16.9 Å². The minimum absolute atomic E-state index is 0.0503. The molecule has 42 heavy (non-hydrogen) atoms. The van der Waals surface area contributed by atoms with E-state index in [1.54, 1.807) is 44.4 Å². The van der Waals surface area contributed by atoms with Crippen molar-refractivity contribution in [1.29, 1.82) is 0 Å². The van der Waals surface area contributed by atoms with Crippen LogP contribution in [0.2, 0.25) is 0 Å². The molecule has 1 aromatic heterocycles. The quantitative estimate of drug-likeness (QED) is 0.306. The van der Waals surface area contributed by atoms with E-state index in [-0.39, 0.29) is 11.9 Å². The van der Waals surface area contributed by atoms with Crippen LogP contribution in [-0.2, 0) is 0 Å². The number of hydrogen-bond acceptors (Lipinski definition) is 5. The number of hydrogen-bond donors (Lipinski definition) is 1. The van der Waals surface area contributed by atoms with Crippen LogP contribution in [0.5, 0.6) is 17.2 Å². The number of piperazine rings is 1. The van der Waals surface area contributed by atoms with Crippen LogP contribution >= 0.6 is 0 Å². The molecular weight excluding hydrogens is 532 g/mol. The number of aromatic nitrogens is 1. The van der Waals surface area contributed by atoms with Crippen molar-refractivity contribution in [2.75, 3.05) is 52.8 Å². The van der Waals surface area contributed by atoms with E-state index in [4.69, 9.17) is 14.2 Å². The van der Waals surface area contributed by atoms with Crippen LogP contribution in [0.15, 0.2) is 72.8 Å². The van der Waals surface area contributed by atoms with Gasteiger partial charge in [-0.15, -0.1) is 0 Å². The van der Waals surface area contributed by atoms with Gasteiger partial charge >= 0.3 is 6.03 Å². The number of amides is 3. The highest BCUT2D eigenvalue weighted by Crippen LogP contribution is 2.32. The fourth-order valence-corrected chi connectivity index (χ4v) is 5.19. The first kappa shape index (κ1) is 28.6. The monoisotopic (exact) mass is 568 g/mol. The summed E-state index contributed by atoms with van der Waals surface area (Å²) in [5, 5.41) is 2.92. The van der Waals surface area contributed by atoms with E-state index >= 15 is 0 Å². The summed E-state index contributed by atoms with van der Waals surface area (Å²) in [4.78, 5) is 30.4. The van der Waals surface area contributed by atoms with E-state index in [0.717, 1.165) is 28.4 Å². The third-order valence-corrected chi connectivity index (χ3v) is 7.61. The highest BCUT2D eigenvalue weighted by molar-refractivity contribution is 5.98. The van der Waals surface area contributed by atoms with Gasteiger partial charge in [-0.2, -0.15) is 0 Å². The van der Waals surface area contributed by atoms with Crippen LogP contribution < -0.4 is 19.5 Å². The Bertz CT molecular complexity index is 1550. The van der Waals surface area contributed by atoms with Crippen molar-refractivity contribution in [3.05, 3.63) is 89.6 Å². The summed E-state index contributed by atoms with van der Waals surface area (Å²) < 4.78 is 18.1. The average molecular weight is 569 g/mol. The Labute approximate surface area is 246 Å². The number of nitrogens with one attached hydrogen (secondary N) is 1. The largest absolute Gasteiger partial charge is 0.497 e. The van der Waals surface area contributed by atoms with Crippen LogP contribution in [0.4, 0.5) is 10.5 Å². The maximum absolute atomic E-state index is 13.9. The van der Waals surface area contributed by atoms with Gasteiger partial charge in [0.25, 0.3) is 5.91 Å². The van der Waals surface area contributed by atoms with Gasteiger partial charge < -0.3 is 33.9 Å². The molecule has 1 aliphatic rings. The molecule has 9 nitrogen and oxygen atoms in total. The first-order valence-electron chi connectivity index (χ1n) is 13.8. The summed E-state index contributed by atoms with van der Waals surface area (Å²) in [7, 11) is 4.77. The zero-order valence-corrected chi connectivity index (χ0v) is 24.6. The summed E-state index contributed by atoms with van der Waals surface area (Å²) in [6.45, 7) is 5.73. The molecule has 0 aliphatic carbocycles. The van der Waals surface area contributed by atoms with E-state index in [2.05, 4.69) is 41.1 Å². The van der Waals surface area contributed by atoms with Gasteiger partial charge in [-0.05, 0) is 61.9 Å². The highest BCUT2D eigenvalue weighted by Gasteiger charge is 2.28. The predicted molar refractivity (Wildman–Crippen MR) is 163 cm³/mol. The molecule has 1 saturated heterocycles. The number of carbonyl (C=O) groups is 2. The number of ether oxygens (including phenoxy) is 3. The first-order chi connectivity index (χ1) is 20.3. The number of rotatable bonds is 7. The van der Waals surface area contributed by atoms with Gasteiger partial charge in [0.15, 0.2) is 0 Å². The fourth-order valence-electron chi connectivity index (χ4n) is 5.19. The van der Waals surface area contributed by atoms with Gasteiger partial charge in [0.05, 0.1) is 32.6 Å². The molecule has 2 heterocycles. The zero-order chi connectivity index (χ0) is 29.8. The van der Waals surface area contributed by atoms with E-state index in [9.17, 15) is 9.59 Å². The van der Waals surface area contributed by atoms with E-state index in [1.165, 1.54) is 5.56 Å². The number of aryl methyl sites for hydroxylation is 1. The molecule has 1 aliphatic heterocycles. The second kappa shape index (κ2) is 12.3. The van der Waals surface area contributed by atoms with E-state index < -0.39 is 0 Å². The second-order valence-corrected chi connectivity index (χ2v) is 10.2. The molecule has 0 radical (unpaired) electrons. The number of anilines is 1. The van der Waals surface area contributed by atoms with Crippen molar-refractivity contribution in [2.24, 2.45) is 0 Å². The van der Waals surface area contributed by atoms with Crippen LogP contribution in [-0.4, -0.2) is 73.8 Å². The summed E-state index contributed by atoms with van der Waals surface area (Å²) in [6.07, 6.45) is 0. The lowest BCUT2D eigenvalue weighted by Gasteiger charge is -2.34. The molecule has 0 saturated carbocycles. The zero-order valence-electron chi connectivity index (χ0n) is 24.6. The number of urea groups is 1. The van der Waals surface area contributed by atoms with E-state index in [1.807, 2.05) is 42.2 Å². The van der Waals surface area contributed by atoms with Gasteiger partial charge in [-0.3, -0.25) is 4.79 Å². The topological polar surface area (TPSA) is 85.3 Å². The number of carbonyl (C=O) groups excluding carboxylic acids is 2. The number of methoxy groups -OCH3 is 3. The Morgan fingerprint density at radius 1 is 0.690 bits per heavy atom. The fraction of sp³-hybridized carbons (Fsp3) is 0.273. The maximum atomic E-state index is 13.9. The van der Waals surface area contributed by atoms with Crippen LogP contribution in [0, 0.1) is 13.8 Å². The SMILES string of the molecule is COc1ccc(-c2cc(C(=O)N3CCN(C(=O)Nc4cc(OC)cc(OC)c4)CC3)c(C)n2-c2ccc(C)cc2)cc1. The lowest BCUT2D eigenvalue weighted by molar-refractivity contribution is 0.0671. The third kappa shape index (κ3) is 5.90. The lowest BCUT2D eigenvalue weighted by atomic mass is 10.1. The van der Waals surface area contributed by atoms with E-state index in [0.29, 0.717) is 48.9 Å². The molecule has 0 unspecified atom stereocenters. The summed E-state index contributed by atoms with van der Waals surface area (Å²) in [6, 6.07) is 23.1. The third-order valence-electron chi connectivity index (χ3n) is 7.61. The smallest absolute Gasteiger partial charge is 0.321 e.